The Balaban J connectivity index is 1.51. The fraction of sp³-hybridized carbons (Fsp3) is 0.400. The summed E-state index contributed by atoms with van der Waals surface area (Å²) in [6.07, 6.45) is -4.06. The van der Waals surface area contributed by atoms with Crippen LogP contribution in [-0.4, -0.2) is 37.7 Å². The molecule has 1 saturated heterocycles. The average molecular weight is 397 g/mol. The van der Waals surface area contributed by atoms with Crippen molar-refractivity contribution in [1.29, 1.82) is 0 Å². The minimum Gasteiger partial charge on any atom is -0.493 e. The minimum atomic E-state index is -4.38. The number of halogens is 4. The van der Waals surface area contributed by atoms with Crippen molar-refractivity contribution < 1.29 is 31.8 Å². The molecular weight excluding hydrogens is 378 g/mol. The molecule has 2 heterocycles. The summed E-state index contributed by atoms with van der Waals surface area (Å²) in [6, 6.07) is 11.0. The van der Waals surface area contributed by atoms with Gasteiger partial charge in [-0.1, -0.05) is 12.1 Å². The second kappa shape index (κ2) is 7.50. The van der Waals surface area contributed by atoms with Gasteiger partial charge in [0.05, 0.1) is 6.61 Å². The van der Waals surface area contributed by atoms with E-state index in [4.69, 9.17) is 14.2 Å². The van der Waals surface area contributed by atoms with E-state index < -0.39 is 12.2 Å². The van der Waals surface area contributed by atoms with Crippen molar-refractivity contribution in [3.8, 4) is 17.2 Å². The lowest BCUT2D eigenvalue weighted by Gasteiger charge is -2.39. The van der Waals surface area contributed by atoms with Crippen LogP contribution in [0.4, 0.5) is 17.6 Å². The summed E-state index contributed by atoms with van der Waals surface area (Å²) in [5.74, 6) is 0.751. The third-order valence-electron chi connectivity index (χ3n) is 5.20. The maximum Gasteiger partial charge on any atom is 0.459 e. The molecule has 4 rings (SSSR count). The average Bonchev–Trinajstić information content (AvgIpc) is 3.14. The fourth-order valence-electron chi connectivity index (χ4n) is 3.75. The molecule has 1 fully saturated rings. The quantitative estimate of drug-likeness (QED) is 0.559. The Labute approximate surface area is 159 Å². The van der Waals surface area contributed by atoms with Crippen LogP contribution in [0.5, 0.6) is 17.2 Å². The zero-order chi connectivity index (χ0) is 19.7. The van der Waals surface area contributed by atoms with Crippen LogP contribution in [0.2, 0.25) is 0 Å². The predicted molar refractivity (Wildman–Crippen MR) is 92.9 cm³/mol. The summed E-state index contributed by atoms with van der Waals surface area (Å²) in [7, 11) is 0. The molecule has 0 spiro atoms. The number of rotatable bonds is 4. The second-order valence-electron chi connectivity index (χ2n) is 6.95. The molecule has 4 nitrogen and oxygen atoms in total. The van der Waals surface area contributed by atoms with E-state index in [1.807, 2.05) is 0 Å². The Hall–Kier alpha value is -2.48. The Morgan fingerprint density at radius 3 is 2.54 bits per heavy atom. The molecule has 0 amide bonds. The number of hydrogen-bond acceptors (Lipinski definition) is 4. The van der Waals surface area contributed by atoms with Gasteiger partial charge in [-0.2, -0.15) is 13.2 Å². The molecule has 0 aromatic heterocycles. The molecule has 2 aliphatic rings. The highest BCUT2D eigenvalue weighted by molar-refractivity contribution is 5.46. The second-order valence-corrected chi connectivity index (χ2v) is 6.95. The van der Waals surface area contributed by atoms with Gasteiger partial charge in [0.25, 0.3) is 0 Å². The molecule has 2 aromatic carbocycles. The zero-order valence-corrected chi connectivity index (χ0v) is 14.9. The van der Waals surface area contributed by atoms with Crippen LogP contribution in [0.25, 0.3) is 0 Å². The van der Waals surface area contributed by atoms with Gasteiger partial charge in [-0.05, 0) is 42.2 Å². The van der Waals surface area contributed by atoms with Crippen molar-refractivity contribution in [3.05, 3.63) is 53.8 Å². The summed E-state index contributed by atoms with van der Waals surface area (Å²) in [5.41, 5.74) is 0.822. The van der Waals surface area contributed by atoms with Gasteiger partial charge in [-0.25, -0.2) is 9.29 Å². The molecule has 28 heavy (non-hydrogen) atoms. The van der Waals surface area contributed by atoms with E-state index in [9.17, 15) is 17.6 Å². The first-order chi connectivity index (χ1) is 13.4. The third kappa shape index (κ3) is 4.01. The van der Waals surface area contributed by atoms with Gasteiger partial charge in [0.2, 0.25) is 6.79 Å². The summed E-state index contributed by atoms with van der Waals surface area (Å²) in [4.78, 5) is 0.515. The van der Waals surface area contributed by atoms with Crippen LogP contribution in [0, 0.1) is 11.7 Å². The fourth-order valence-corrected chi connectivity index (χ4v) is 3.75. The first kappa shape index (κ1) is 18.9. The number of piperidine rings is 1. The highest BCUT2D eigenvalue weighted by Gasteiger charge is 2.43. The highest BCUT2D eigenvalue weighted by Crippen LogP contribution is 2.39. The standard InChI is InChI=1S/C20H19F4NO3/c21-15-3-1-13(2-4-15)17-7-8-25(20(22,23)24)10-14(17)11-26-16-5-6-18-19(9-16)28-12-27-18/h1-6,9,14,17H,7-8,10-12H2/t14-,17-/m0/s1. The number of nitrogens with zero attached hydrogens (tertiary/aromatic N) is 1. The molecule has 8 heteroatoms. The lowest BCUT2D eigenvalue weighted by molar-refractivity contribution is -0.255. The molecule has 0 saturated carbocycles. The predicted octanol–water partition coefficient (Wildman–Crippen LogP) is 4.56. The summed E-state index contributed by atoms with van der Waals surface area (Å²) in [5, 5.41) is 0. The van der Waals surface area contributed by atoms with E-state index >= 15 is 0 Å². The molecule has 0 N–H and O–H groups in total. The Morgan fingerprint density at radius 2 is 1.79 bits per heavy atom. The van der Waals surface area contributed by atoms with Crippen LogP contribution in [0.3, 0.4) is 0 Å². The number of hydrogen-bond donors (Lipinski definition) is 0. The Bertz CT molecular complexity index is 825. The molecule has 150 valence electrons. The van der Waals surface area contributed by atoms with E-state index in [1.54, 1.807) is 30.3 Å². The van der Waals surface area contributed by atoms with Gasteiger partial charge >= 0.3 is 6.30 Å². The summed E-state index contributed by atoms with van der Waals surface area (Å²) in [6.45, 7) is -0.0228. The molecule has 0 aliphatic carbocycles. The van der Waals surface area contributed by atoms with Gasteiger partial charge in [0, 0.05) is 25.1 Å². The van der Waals surface area contributed by atoms with Gasteiger partial charge < -0.3 is 14.2 Å². The van der Waals surface area contributed by atoms with Crippen molar-refractivity contribution in [1.82, 2.24) is 4.90 Å². The SMILES string of the molecule is Fc1ccc([C@@H]2CCN(C(F)(F)F)C[C@H]2COc2ccc3c(c2)OCO3)cc1. The van der Waals surface area contributed by atoms with Crippen LogP contribution < -0.4 is 14.2 Å². The van der Waals surface area contributed by atoms with E-state index in [0.29, 0.717) is 28.6 Å². The van der Waals surface area contributed by atoms with Gasteiger partial charge in [-0.15, -0.1) is 0 Å². The van der Waals surface area contributed by atoms with E-state index in [0.717, 1.165) is 5.56 Å². The lowest BCUT2D eigenvalue weighted by atomic mass is 9.81. The topological polar surface area (TPSA) is 30.9 Å². The highest BCUT2D eigenvalue weighted by atomic mass is 19.4. The lowest BCUT2D eigenvalue weighted by Crippen LogP contribution is -2.48. The molecule has 0 radical (unpaired) electrons. The third-order valence-corrected chi connectivity index (χ3v) is 5.20. The Kier molecular flexibility index (Phi) is 5.05. The number of benzene rings is 2. The van der Waals surface area contributed by atoms with E-state index in [-0.39, 0.29) is 38.2 Å². The maximum absolute atomic E-state index is 13.2. The zero-order valence-electron chi connectivity index (χ0n) is 14.9. The summed E-state index contributed by atoms with van der Waals surface area (Å²) < 4.78 is 69.2. The summed E-state index contributed by atoms with van der Waals surface area (Å²) >= 11 is 0. The molecule has 0 bridgehead atoms. The van der Waals surface area contributed by atoms with Crippen LogP contribution in [0.15, 0.2) is 42.5 Å². The van der Waals surface area contributed by atoms with Crippen molar-refractivity contribution in [2.24, 2.45) is 5.92 Å². The molecule has 2 aromatic rings. The van der Waals surface area contributed by atoms with Crippen molar-refractivity contribution >= 4 is 0 Å². The maximum atomic E-state index is 13.2. The van der Waals surface area contributed by atoms with E-state index in [2.05, 4.69) is 0 Å². The van der Waals surface area contributed by atoms with Gasteiger partial charge in [0.15, 0.2) is 11.5 Å². The first-order valence-corrected chi connectivity index (χ1v) is 9.00. The van der Waals surface area contributed by atoms with Crippen molar-refractivity contribution in [3.63, 3.8) is 0 Å². The molecule has 2 atom stereocenters. The monoisotopic (exact) mass is 397 g/mol. The van der Waals surface area contributed by atoms with Crippen LogP contribution in [0.1, 0.15) is 17.9 Å². The van der Waals surface area contributed by atoms with Gasteiger partial charge in [0.1, 0.15) is 11.6 Å². The largest absolute Gasteiger partial charge is 0.493 e. The molecule has 2 aliphatic heterocycles. The smallest absolute Gasteiger partial charge is 0.459 e. The molecular formula is C20H19F4NO3. The number of fused-ring (bicyclic) bond motifs is 1. The van der Waals surface area contributed by atoms with E-state index in [1.165, 1.54) is 12.1 Å². The molecule has 0 unspecified atom stereocenters. The van der Waals surface area contributed by atoms with Gasteiger partial charge in [-0.3, -0.25) is 0 Å². The van der Waals surface area contributed by atoms with Crippen LogP contribution >= 0.6 is 0 Å². The number of alkyl halides is 3. The number of likely N-dealkylation sites (tertiary alicyclic amines) is 1. The first-order valence-electron chi connectivity index (χ1n) is 9.00. The van der Waals surface area contributed by atoms with Crippen molar-refractivity contribution in [2.75, 3.05) is 26.5 Å². The van der Waals surface area contributed by atoms with Crippen LogP contribution in [-0.2, 0) is 0 Å². The Morgan fingerprint density at radius 1 is 1.04 bits per heavy atom. The van der Waals surface area contributed by atoms with Crippen molar-refractivity contribution in [2.45, 2.75) is 18.6 Å². The number of ether oxygens (including phenoxy) is 3. The normalized spacial score (nSPS) is 22.3. The minimum absolute atomic E-state index is 0.0912.